The first kappa shape index (κ1) is 11.5. The van der Waals surface area contributed by atoms with E-state index in [1.165, 1.54) is 0 Å². The van der Waals surface area contributed by atoms with Gasteiger partial charge in [0, 0.05) is 5.02 Å². The number of nitrogens with two attached hydrogens (primary N) is 1. The molecule has 0 spiro atoms. The Morgan fingerprint density at radius 1 is 1.43 bits per heavy atom. The van der Waals surface area contributed by atoms with E-state index in [4.69, 9.17) is 17.3 Å². The fourth-order valence-corrected chi connectivity index (χ4v) is 1.78. The minimum Gasteiger partial charge on any atom is -0.388 e. The Morgan fingerprint density at radius 2 is 2.07 bits per heavy atom. The topological polar surface area (TPSA) is 46.2 Å². The maximum Gasteiger partial charge on any atom is 0.0805 e. The number of rotatable bonds is 3. The molecule has 1 aromatic carbocycles. The van der Waals surface area contributed by atoms with Crippen molar-refractivity contribution < 1.29 is 5.11 Å². The van der Waals surface area contributed by atoms with E-state index in [2.05, 4.69) is 0 Å². The molecule has 78 valence electrons. The van der Waals surface area contributed by atoms with Crippen molar-refractivity contribution in [1.82, 2.24) is 0 Å². The van der Waals surface area contributed by atoms with Crippen molar-refractivity contribution >= 4 is 11.6 Å². The number of aliphatic hydroxyl groups excluding tert-OH is 1. The second-order valence-electron chi connectivity index (χ2n) is 3.53. The Morgan fingerprint density at radius 3 is 2.64 bits per heavy atom. The second-order valence-corrected chi connectivity index (χ2v) is 3.97. The summed E-state index contributed by atoms with van der Waals surface area (Å²) in [7, 11) is 0. The van der Waals surface area contributed by atoms with Gasteiger partial charge in [-0.2, -0.15) is 0 Å². The van der Waals surface area contributed by atoms with Crippen LogP contribution in [0.3, 0.4) is 0 Å². The standard InChI is InChI=1S/C11H16ClNO/c1-7-5-9(12)6-10(8(7)2)11(14)3-4-13/h5-6,11,14H,3-4,13H2,1-2H3. The Balaban J connectivity index is 3.07. The average Bonchev–Trinajstić information content (AvgIpc) is 2.11. The van der Waals surface area contributed by atoms with Crippen LogP contribution in [0.1, 0.15) is 29.2 Å². The molecule has 3 N–H and O–H groups in total. The lowest BCUT2D eigenvalue weighted by atomic mass is 9.97. The molecule has 14 heavy (non-hydrogen) atoms. The molecular weight excluding hydrogens is 198 g/mol. The van der Waals surface area contributed by atoms with E-state index in [1.54, 1.807) is 0 Å². The largest absolute Gasteiger partial charge is 0.388 e. The maximum absolute atomic E-state index is 9.81. The van der Waals surface area contributed by atoms with Crippen LogP contribution in [0.15, 0.2) is 12.1 Å². The summed E-state index contributed by atoms with van der Waals surface area (Å²) in [4.78, 5) is 0. The normalized spacial score (nSPS) is 12.9. The van der Waals surface area contributed by atoms with Crippen LogP contribution in [0.5, 0.6) is 0 Å². The highest BCUT2D eigenvalue weighted by Crippen LogP contribution is 2.26. The van der Waals surface area contributed by atoms with E-state index in [0.717, 1.165) is 16.7 Å². The van der Waals surface area contributed by atoms with Gasteiger partial charge in [-0.05, 0) is 55.6 Å². The van der Waals surface area contributed by atoms with Crippen LogP contribution >= 0.6 is 11.6 Å². The molecule has 0 radical (unpaired) electrons. The van der Waals surface area contributed by atoms with Gasteiger partial charge in [0.05, 0.1) is 6.10 Å². The van der Waals surface area contributed by atoms with E-state index in [0.29, 0.717) is 18.0 Å². The van der Waals surface area contributed by atoms with Crippen molar-refractivity contribution in [3.8, 4) is 0 Å². The molecule has 0 aliphatic carbocycles. The second kappa shape index (κ2) is 4.78. The maximum atomic E-state index is 9.81. The van der Waals surface area contributed by atoms with Gasteiger partial charge in [0.1, 0.15) is 0 Å². The van der Waals surface area contributed by atoms with Crippen LogP contribution in [0.2, 0.25) is 5.02 Å². The molecular formula is C11H16ClNO. The lowest BCUT2D eigenvalue weighted by Gasteiger charge is -2.15. The van der Waals surface area contributed by atoms with Crippen LogP contribution < -0.4 is 5.73 Å². The van der Waals surface area contributed by atoms with Gasteiger partial charge < -0.3 is 10.8 Å². The SMILES string of the molecule is Cc1cc(Cl)cc(C(O)CCN)c1C. The smallest absolute Gasteiger partial charge is 0.0805 e. The molecule has 0 fully saturated rings. The van der Waals surface area contributed by atoms with E-state index in [-0.39, 0.29) is 0 Å². The van der Waals surface area contributed by atoms with E-state index in [9.17, 15) is 5.11 Å². The third kappa shape index (κ3) is 2.47. The number of aryl methyl sites for hydroxylation is 1. The quantitative estimate of drug-likeness (QED) is 0.810. The van der Waals surface area contributed by atoms with Crippen LogP contribution in [0.4, 0.5) is 0 Å². The average molecular weight is 214 g/mol. The number of hydrogen-bond donors (Lipinski definition) is 2. The minimum atomic E-state index is -0.502. The van der Waals surface area contributed by atoms with E-state index >= 15 is 0 Å². The molecule has 0 aromatic heterocycles. The lowest BCUT2D eigenvalue weighted by molar-refractivity contribution is 0.169. The summed E-state index contributed by atoms with van der Waals surface area (Å²) in [6.07, 6.45) is 0.0677. The first-order chi connectivity index (χ1) is 6.56. The highest BCUT2D eigenvalue weighted by molar-refractivity contribution is 6.30. The molecule has 0 heterocycles. The molecule has 1 aromatic rings. The molecule has 0 aliphatic heterocycles. The monoisotopic (exact) mass is 213 g/mol. The molecule has 1 unspecified atom stereocenters. The van der Waals surface area contributed by atoms with Crippen molar-refractivity contribution in [3.05, 3.63) is 33.8 Å². The Kier molecular flexibility index (Phi) is 3.93. The van der Waals surface area contributed by atoms with Crippen LogP contribution in [0, 0.1) is 13.8 Å². The zero-order chi connectivity index (χ0) is 10.7. The van der Waals surface area contributed by atoms with E-state index < -0.39 is 6.10 Å². The van der Waals surface area contributed by atoms with Crippen LogP contribution in [0.25, 0.3) is 0 Å². The third-order valence-corrected chi connectivity index (χ3v) is 2.69. The number of hydrogen-bond acceptors (Lipinski definition) is 2. The van der Waals surface area contributed by atoms with Crippen molar-refractivity contribution in [2.45, 2.75) is 26.4 Å². The molecule has 2 nitrogen and oxygen atoms in total. The molecule has 1 rings (SSSR count). The lowest BCUT2D eigenvalue weighted by Crippen LogP contribution is -2.08. The summed E-state index contributed by atoms with van der Waals surface area (Å²) < 4.78 is 0. The molecule has 3 heteroatoms. The first-order valence-electron chi connectivity index (χ1n) is 4.71. The summed E-state index contributed by atoms with van der Waals surface area (Å²) in [6.45, 7) is 4.45. The summed E-state index contributed by atoms with van der Waals surface area (Å²) in [5, 5.41) is 10.5. The molecule has 0 saturated heterocycles. The summed E-state index contributed by atoms with van der Waals surface area (Å²) in [6, 6.07) is 3.71. The first-order valence-corrected chi connectivity index (χ1v) is 5.09. The van der Waals surface area contributed by atoms with Gasteiger partial charge in [0.2, 0.25) is 0 Å². The van der Waals surface area contributed by atoms with Gasteiger partial charge in [-0.3, -0.25) is 0 Å². The molecule has 0 saturated carbocycles. The Labute approximate surface area is 89.7 Å². The summed E-state index contributed by atoms with van der Waals surface area (Å²) in [5.74, 6) is 0. The number of benzene rings is 1. The molecule has 0 bridgehead atoms. The summed E-state index contributed by atoms with van der Waals surface area (Å²) in [5.41, 5.74) is 8.48. The predicted molar refractivity (Wildman–Crippen MR) is 59.6 cm³/mol. The van der Waals surface area contributed by atoms with Gasteiger partial charge in [0.25, 0.3) is 0 Å². The molecule has 0 amide bonds. The Bertz CT molecular complexity index is 325. The van der Waals surface area contributed by atoms with Crippen LogP contribution in [-0.4, -0.2) is 11.7 Å². The highest BCUT2D eigenvalue weighted by atomic mass is 35.5. The van der Waals surface area contributed by atoms with Crippen molar-refractivity contribution in [1.29, 1.82) is 0 Å². The molecule has 1 atom stereocenters. The van der Waals surface area contributed by atoms with Gasteiger partial charge >= 0.3 is 0 Å². The van der Waals surface area contributed by atoms with Crippen LogP contribution in [-0.2, 0) is 0 Å². The van der Waals surface area contributed by atoms with Crippen molar-refractivity contribution in [3.63, 3.8) is 0 Å². The zero-order valence-electron chi connectivity index (χ0n) is 8.55. The third-order valence-electron chi connectivity index (χ3n) is 2.47. The highest BCUT2D eigenvalue weighted by Gasteiger charge is 2.11. The van der Waals surface area contributed by atoms with Gasteiger partial charge in [-0.1, -0.05) is 11.6 Å². The minimum absolute atomic E-state index is 0.478. The van der Waals surface area contributed by atoms with Crippen molar-refractivity contribution in [2.75, 3.05) is 6.54 Å². The fraction of sp³-hybridized carbons (Fsp3) is 0.455. The van der Waals surface area contributed by atoms with E-state index in [1.807, 2.05) is 26.0 Å². The van der Waals surface area contributed by atoms with Gasteiger partial charge in [-0.15, -0.1) is 0 Å². The predicted octanol–water partition coefficient (Wildman–Crippen LogP) is 2.34. The Hall–Kier alpha value is -0.570. The fourth-order valence-electron chi connectivity index (χ4n) is 1.50. The zero-order valence-corrected chi connectivity index (χ0v) is 9.30. The number of aliphatic hydroxyl groups is 1. The van der Waals surface area contributed by atoms with Gasteiger partial charge in [0.15, 0.2) is 0 Å². The van der Waals surface area contributed by atoms with Gasteiger partial charge in [-0.25, -0.2) is 0 Å². The molecule has 0 aliphatic rings. The number of halogens is 1. The summed E-state index contributed by atoms with van der Waals surface area (Å²) >= 11 is 5.92. The van der Waals surface area contributed by atoms with Crippen molar-refractivity contribution in [2.24, 2.45) is 5.73 Å².